The highest BCUT2D eigenvalue weighted by Gasteiger charge is 2.28. The maximum absolute atomic E-state index is 6.63. The van der Waals surface area contributed by atoms with E-state index in [1.54, 1.807) is 14.2 Å². The minimum atomic E-state index is 0. The summed E-state index contributed by atoms with van der Waals surface area (Å²) in [6.45, 7) is 4.23. The zero-order valence-electron chi connectivity index (χ0n) is 19.5. The molecule has 0 atom stereocenters. The molecule has 0 amide bonds. The maximum Gasteiger partial charge on any atom is 0.118 e. The van der Waals surface area contributed by atoms with Gasteiger partial charge in [-0.05, 0) is 66.8 Å². The first-order valence-electron chi connectivity index (χ1n) is 11.3. The lowest BCUT2D eigenvalue weighted by Crippen LogP contribution is -3.00. The minimum absolute atomic E-state index is 0. The molecule has 180 valence electrons. The molecule has 0 saturated carbocycles. The van der Waals surface area contributed by atoms with Crippen molar-refractivity contribution in [3.63, 3.8) is 0 Å². The molecule has 0 bridgehead atoms. The summed E-state index contributed by atoms with van der Waals surface area (Å²) < 4.78 is 11.5. The fourth-order valence-electron chi connectivity index (χ4n) is 4.23. The van der Waals surface area contributed by atoms with E-state index in [0.29, 0.717) is 0 Å². The topological polar surface area (TPSA) is 18.5 Å². The van der Waals surface area contributed by atoms with Crippen LogP contribution in [0, 0.1) is 0 Å². The molecule has 0 aromatic heterocycles. The van der Waals surface area contributed by atoms with E-state index in [2.05, 4.69) is 36.4 Å². The van der Waals surface area contributed by atoms with Gasteiger partial charge in [0.25, 0.3) is 0 Å². The average Bonchev–Trinajstić information content (AvgIpc) is 2.83. The molecule has 6 heteroatoms. The van der Waals surface area contributed by atoms with Gasteiger partial charge in [0.15, 0.2) is 0 Å². The van der Waals surface area contributed by atoms with E-state index in [1.807, 2.05) is 24.3 Å². The standard InChI is InChI=1S/C27H34Cl2NO2.ClH/c1-31-26-10-6-22(7-11-26)20-24(28)14-18-30(16-4-3-5-17-30)19-15-25(29)21-23-8-12-27(32-2)13-9-23;/h6-15H,3-5,16-21H2,1-2H3;1H/q+1;/p-1/b24-14-,25-15-;. The van der Waals surface area contributed by atoms with Crippen molar-refractivity contribution >= 4 is 23.2 Å². The molecule has 3 nitrogen and oxygen atoms in total. The highest BCUT2D eigenvalue weighted by Crippen LogP contribution is 2.23. The van der Waals surface area contributed by atoms with Gasteiger partial charge in [-0.3, -0.25) is 0 Å². The molecule has 1 aliphatic heterocycles. The molecule has 3 rings (SSSR count). The van der Waals surface area contributed by atoms with Gasteiger partial charge < -0.3 is 26.4 Å². The van der Waals surface area contributed by atoms with Gasteiger partial charge in [-0.25, -0.2) is 0 Å². The number of hydrogen-bond donors (Lipinski definition) is 0. The first-order valence-corrected chi connectivity index (χ1v) is 12.1. The Balaban J connectivity index is 0.00000385. The smallest absolute Gasteiger partial charge is 0.118 e. The largest absolute Gasteiger partial charge is 1.00 e. The van der Waals surface area contributed by atoms with Crippen molar-refractivity contribution in [2.24, 2.45) is 0 Å². The van der Waals surface area contributed by atoms with E-state index in [0.717, 1.165) is 52.0 Å². The Bertz CT molecular complexity index is 832. The molecule has 0 radical (unpaired) electrons. The summed E-state index contributed by atoms with van der Waals surface area (Å²) in [5.41, 5.74) is 2.39. The third-order valence-corrected chi connectivity index (χ3v) is 6.81. The molecule has 2 aromatic rings. The van der Waals surface area contributed by atoms with Crippen LogP contribution in [0.5, 0.6) is 11.5 Å². The van der Waals surface area contributed by atoms with Crippen LogP contribution in [0.1, 0.15) is 30.4 Å². The van der Waals surface area contributed by atoms with Crippen LogP contribution >= 0.6 is 23.2 Å². The summed E-state index contributed by atoms with van der Waals surface area (Å²) in [4.78, 5) is 0. The van der Waals surface area contributed by atoms with Crippen LogP contribution in [0.25, 0.3) is 0 Å². The highest BCUT2D eigenvalue weighted by atomic mass is 35.5. The lowest BCUT2D eigenvalue weighted by Gasteiger charge is -2.40. The summed E-state index contributed by atoms with van der Waals surface area (Å²) in [6, 6.07) is 16.2. The second kappa shape index (κ2) is 13.9. The number of hydrogen-bond acceptors (Lipinski definition) is 2. The Morgan fingerprint density at radius 3 is 1.48 bits per heavy atom. The zero-order valence-corrected chi connectivity index (χ0v) is 21.8. The van der Waals surface area contributed by atoms with E-state index < -0.39 is 0 Å². The highest BCUT2D eigenvalue weighted by molar-refractivity contribution is 6.30. The van der Waals surface area contributed by atoms with Crippen LogP contribution < -0.4 is 21.9 Å². The van der Waals surface area contributed by atoms with Crippen molar-refractivity contribution in [3.05, 3.63) is 81.9 Å². The monoisotopic (exact) mass is 509 g/mol. The fourth-order valence-corrected chi connectivity index (χ4v) is 4.68. The first kappa shape index (κ1) is 27.6. The molecule has 1 heterocycles. The average molecular weight is 511 g/mol. The number of piperidine rings is 1. The van der Waals surface area contributed by atoms with Crippen molar-refractivity contribution in [1.82, 2.24) is 0 Å². The number of halogens is 3. The third kappa shape index (κ3) is 8.90. The Morgan fingerprint density at radius 2 is 1.12 bits per heavy atom. The molecule has 1 aliphatic rings. The van der Waals surface area contributed by atoms with Crippen molar-refractivity contribution in [1.29, 1.82) is 0 Å². The van der Waals surface area contributed by atoms with E-state index >= 15 is 0 Å². The number of benzene rings is 2. The van der Waals surface area contributed by atoms with Gasteiger partial charge in [0.2, 0.25) is 0 Å². The lowest BCUT2D eigenvalue weighted by atomic mass is 10.1. The summed E-state index contributed by atoms with van der Waals surface area (Å²) >= 11 is 13.3. The second-order valence-corrected chi connectivity index (χ2v) is 9.54. The molecule has 33 heavy (non-hydrogen) atoms. The quantitative estimate of drug-likeness (QED) is 0.453. The molecule has 1 saturated heterocycles. The van der Waals surface area contributed by atoms with Gasteiger partial charge in [-0.1, -0.05) is 47.5 Å². The second-order valence-electron chi connectivity index (χ2n) is 8.57. The minimum Gasteiger partial charge on any atom is -1.00 e. The van der Waals surface area contributed by atoms with Crippen LogP contribution in [-0.4, -0.2) is 44.9 Å². The summed E-state index contributed by atoms with van der Waals surface area (Å²) in [6.07, 6.45) is 9.75. The summed E-state index contributed by atoms with van der Waals surface area (Å²) in [7, 11) is 3.36. The number of methoxy groups -OCH3 is 2. The van der Waals surface area contributed by atoms with Crippen molar-refractivity contribution in [3.8, 4) is 11.5 Å². The van der Waals surface area contributed by atoms with Gasteiger partial charge in [-0.2, -0.15) is 0 Å². The van der Waals surface area contributed by atoms with Crippen LogP contribution in [0.2, 0.25) is 0 Å². The van der Waals surface area contributed by atoms with Gasteiger partial charge in [0, 0.05) is 22.9 Å². The van der Waals surface area contributed by atoms with Crippen molar-refractivity contribution in [2.75, 3.05) is 40.4 Å². The van der Waals surface area contributed by atoms with Crippen LogP contribution in [0.15, 0.2) is 70.7 Å². The van der Waals surface area contributed by atoms with Gasteiger partial charge in [-0.15, -0.1) is 0 Å². The third-order valence-electron chi connectivity index (χ3n) is 6.23. The maximum atomic E-state index is 6.63. The summed E-state index contributed by atoms with van der Waals surface area (Å²) in [5, 5.41) is 1.79. The number of likely N-dealkylation sites (tertiary alicyclic amines) is 1. The Labute approximate surface area is 215 Å². The van der Waals surface area contributed by atoms with Gasteiger partial charge in [0.1, 0.15) is 11.5 Å². The summed E-state index contributed by atoms with van der Waals surface area (Å²) in [5.74, 6) is 1.73. The molecule has 2 aromatic carbocycles. The van der Waals surface area contributed by atoms with Crippen molar-refractivity contribution in [2.45, 2.75) is 32.1 Å². The normalized spacial score (nSPS) is 16.1. The van der Waals surface area contributed by atoms with Crippen LogP contribution in [0.4, 0.5) is 0 Å². The van der Waals surface area contributed by atoms with E-state index in [9.17, 15) is 0 Å². The molecule has 0 N–H and O–H groups in total. The predicted octanol–water partition coefficient (Wildman–Crippen LogP) is 3.74. The van der Waals surface area contributed by atoms with Gasteiger partial charge >= 0.3 is 0 Å². The zero-order chi connectivity index (χ0) is 22.8. The van der Waals surface area contributed by atoms with E-state index in [4.69, 9.17) is 32.7 Å². The molecule has 0 unspecified atom stereocenters. The number of ether oxygens (including phenoxy) is 2. The number of nitrogens with zero attached hydrogens (tertiary/aromatic N) is 1. The molecular weight excluding hydrogens is 477 g/mol. The number of rotatable bonds is 10. The lowest BCUT2D eigenvalue weighted by molar-refractivity contribution is -0.921. The van der Waals surface area contributed by atoms with Crippen LogP contribution in [0.3, 0.4) is 0 Å². The molecule has 1 fully saturated rings. The van der Waals surface area contributed by atoms with E-state index in [1.165, 1.54) is 43.5 Å². The first-order chi connectivity index (χ1) is 15.5. The molecule has 0 aliphatic carbocycles. The fraction of sp³-hybridized carbons (Fsp3) is 0.407. The predicted molar refractivity (Wildman–Crippen MR) is 135 cm³/mol. The Hall–Kier alpha value is -1.65. The Kier molecular flexibility index (Phi) is 11.6. The van der Waals surface area contributed by atoms with E-state index in [-0.39, 0.29) is 12.4 Å². The number of quaternary nitrogens is 1. The van der Waals surface area contributed by atoms with Gasteiger partial charge in [0.05, 0.1) is 40.4 Å². The number of allylic oxidation sites excluding steroid dienone is 2. The SMILES string of the molecule is COc1ccc(C/C(Cl)=C/C[N+]2(C/C=C(\Cl)Cc3ccc(OC)cc3)CCCCC2)cc1.[Cl-]. The molecular formula is C27H34Cl3NO2. The van der Waals surface area contributed by atoms with Crippen molar-refractivity contribution < 1.29 is 26.4 Å². The Morgan fingerprint density at radius 1 is 0.727 bits per heavy atom. The van der Waals surface area contributed by atoms with Crippen LogP contribution in [-0.2, 0) is 12.8 Å². The molecule has 0 spiro atoms.